The standard InChI is InChI=1S/C49H67N7O7/c1-9-55-43-15-14-34(25-39(43)40(26-49(5,6)30-63-32(4)57)45(55)41-28-51-19-16-36(41)29-62-8)37-21-33(22-38(58)24-37)23-42(48(61)56-20-11-10-18-52-56)53-46(59)44(31(2)3)54(7)47(60)35-13-12-17-50-27-35/h14-16,19,21-22,24-25,28,31,35,42,44,50,52,58H,9-13,17-18,20,23,26-27,29-30H2,1-8H3,(H,53,59)/t35-,42-,44-/m0/s1. The summed E-state index contributed by atoms with van der Waals surface area (Å²) in [5.74, 6) is -1.49. The molecule has 63 heavy (non-hydrogen) atoms. The molecule has 0 radical (unpaired) electrons. The van der Waals surface area contributed by atoms with Gasteiger partial charge >= 0.3 is 5.97 Å². The number of amides is 3. The van der Waals surface area contributed by atoms with Gasteiger partial charge in [0.05, 0.1) is 24.8 Å². The van der Waals surface area contributed by atoms with Crippen molar-refractivity contribution >= 4 is 34.6 Å². The molecule has 0 saturated carbocycles. The largest absolute Gasteiger partial charge is 0.508 e. The zero-order valence-corrected chi connectivity index (χ0v) is 38.4. The summed E-state index contributed by atoms with van der Waals surface area (Å²) in [5.41, 5.74) is 10.1. The molecule has 2 aliphatic rings. The van der Waals surface area contributed by atoms with Gasteiger partial charge in [0.25, 0.3) is 5.91 Å². The highest BCUT2D eigenvalue weighted by molar-refractivity contribution is 5.96. The van der Waals surface area contributed by atoms with E-state index < -0.39 is 23.4 Å². The molecule has 0 bridgehead atoms. The molecule has 2 aromatic heterocycles. The number of aryl methyl sites for hydroxylation is 1. The number of esters is 1. The normalized spacial score (nSPS) is 16.8. The van der Waals surface area contributed by atoms with Crippen molar-refractivity contribution in [2.24, 2.45) is 17.3 Å². The summed E-state index contributed by atoms with van der Waals surface area (Å²) >= 11 is 0. The fraction of sp³-hybridized carbons (Fsp3) is 0.531. The first-order valence-electron chi connectivity index (χ1n) is 22.5. The minimum atomic E-state index is -0.977. The number of benzene rings is 2. The van der Waals surface area contributed by atoms with Crippen LogP contribution in [0.15, 0.2) is 54.9 Å². The number of ether oxygens (including phenoxy) is 2. The summed E-state index contributed by atoms with van der Waals surface area (Å²) in [6.45, 7) is 15.4. The van der Waals surface area contributed by atoms with Gasteiger partial charge in [0.2, 0.25) is 11.8 Å². The number of methoxy groups -OCH3 is 1. The van der Waals surface area contributed by atoms with Gasteiger partial charge in [-0.3, -0.25) is 29.2 Å². The van der Waals surface area contributed by atoms with Gasteiger partial charge in [-0.05, 0) is 110 Å². The number of nitrogens with one attached hydrogen (secondary N) is 3. The number of carbonyl (C=O) groups is 4. The summed E-state index contributed by atoms with van der Waals surface area (Å²) in [6, 6.07) is 11.8. The summed E-state index contributed by atoms with van der Waals surface area (Å²) in [6.07, 6.45) is 7.76. The fourth-order valence-electron chi connectivity index (χ4n) is 9.29. The lowest BCUT2D eigenvalue weighted by atomic mass is 9.84. The molecule has 3 atom stereocenters. The minimum absolute atomic E-state index is 0.0248. The van der Waals surface area contributed by atoms with E-state index in [1.165, 1.54) is 6.92 Å². The van der Waals surface area contributed by atoms with Crippen molar-refractivity contribution in [3.8, 4) is 28.1 Å². The number of carbonyl (C=O) groups excluding carboxylic acids is 4. The number of hydrazine groups is 1. The van der Waals surface area contributed by atoms with Gasteiger partial charge in [-0.2, -0.15) is 0 Å². The molecule has 14 heteroatoms. The van der Waals surface area contributed by atoms with E-state index in [2.05, 4.69) is 58.5 Å². The van der Waals surface area contributed by atoms with Crippen LogP contribution in [-0.2, 0) is 54.6 Å². The minimum Gasteiger partial charge on any atom is -0.508 e. The van der Waals surface area contributed by atoms with Gasteiger partial charge in [-0.25, -0.2) is 5.43 Å². The Kier molecular flexibility index (Phi) is 15.7. The van der Waals surface area contributed by atoms with Crippen LogP contribution in [0.3, 0.4) is 0 Å². The first-order chi connectivity index (χ1) is 30.1. The number of pyridine rings is 1. The van der Waals surface area contributed by atoms with Crippen LogP contribution >= 0.6 is 0 Å². The van der Waals surface area contributed by atoms with Crippen molar-refractivity contribution in [1.29, 1.82) is 0 Å². The molecular formula is C49H67N7O7. The Morgan fingerprint density at radius 1 is 1.05 bits per heavy atom. The Morgan fingerprint density at radius 3 is 2.51 bits per heavy atom. The van der Waals surface area contributed by atoms with E-state index >= 15 is 0 Å². The summed E-state index contributed by atoms with van der Waals surface area (Å²) in [7, 11) is 3.36. The predicted molar refractivity (Wildman–Crippen MR) is 244 cm³/mol. The maximum absolute atomic E-state index is 14.3. The second-order valence-corrected chi connectivity index (χ2v) is 18.3. The quantitative estimate of drug-likeness (QED) is 0.0924. The Bertz CT molecular complexity index is 2260. The first kappa shape index (κ1) is 47.2. The van der Waals surface area contributed by atoms with Crippen LogP contribution in [0.25, 0.3) is 33.3 Å². The Hall–Kier alpha value is -5.31. The summed E-state index contributed by atoms with van der Waals surface area (Å²) in [4.78, 5) is 60.3. The SMILES string of the molecule is CCn1c(-c2cnccc2COC)c(CC(C)(C)COC(C)=O)c2cc(-c3cc(O)cc(C[C@H](NC(=O)[C@H](C(C)C)N(C)C(=O)[C@H]4CCCNC4)C(=O)N4CCCCN4)c3)ccc21. The van der Waals surface area contributed by atoms with Gasteiger partial charge in [0.15, 0.2) is 0 Å². The number of phenolic OH excluding ortho intramolecular Hbond substituents is 1. The molecule has 340 valence electrons. The molecule has 6 rings (SSSR count). The number of piperidine rings is 1. The van der Waals surface area contributed by atoms with Gasteiger partial charge < -0.3 is 34.7 Å². The molecular weight excluding hydrogens is 799 g/mol. The number of fused-ring (bicyclic) bond motifs is 1. The smallest absolute Gasteiger partial charge is 0.302 e. The molecule has 4 aromatic rings. The molecule has 4 heterocycles. The predicted octanol–water partition coefficient (Wildman–Crippen LogP) is 6.01. The first-order valence-corrected chi connectivity index (χ1v) is 22.5. The summed E-state index contributed by atoms with van der Waals surface area (Å²) < 4.78 is 13.5. The second kappa shape index (κ2) is 20.9. The molecule has 0 unspecified atom stereocenters. The Morgan fingerprint density at radius 2 is 1.84 bits per heavy atom. The van der Waals surface area contributed by atoms with Crippen molar-refractivity contribution in [1.82, 2.24) is 35.5 Å². The van der Waals surface area contributed by atoms with Crippen LogP contribution in [0.2, 0.25) is 0 Å². The summed E-state index contributed by atoms with van der Waals surface area (Å²) in [5, 5.41) is 20.2. The van der Waals surface area contributed by atoms with Crippen LogP contribution in [-0.4, -0.2) is 107 Å². The number of hydrogen-bond donors (Lipinski definition) is 4. The van der Waals surface area contributed by atoms with E-state index in [1.54, 1.807) is 42.4 Å². The molecule has 14 nitrogen and oxygen atoms in total. The van der Waals surface area contributed by atoms with Gasteiger partial charge in [0, 0.05) is 88.0 Å². The lowest BCUT2D eigenvalue weighted by Crippen LogP contribution is -2.60. The van der Waals surface area contributed by atoms with Gasteiger partial charge in [-0.1, -0.05) is 39.8 Å². The number of phenols is 1. The van der Waals surface area contributed by atoms with Crippen LogP contribution in [0.1, 0.15) is 83.9 Å². The topological polar surface area (TPSA) is 167 Å². The average molecular weight is 866 g/mol. The highest BCUT2D eigenvalue weighted by Crippen LogP contribution is 2.41. The van der Waals surface area contributed by atoms with Crippen LogP contribution < -0.4 is 16.1 Å². The molecule has 4 N–H and O–H groups in total. The van der Waals surface area contributed by atoms with Crippen molar-refractivity contribution in [2.45, 2.75) is 105 Å². The number of hydrogen-bond acceptors (Lipinski definition) is 10. The number of rotatable bonds is 17. The highest BCUT2D eigenvalue weighted by atomic mass is 16.5. The van der Waals surface area contributed by atoms with Crippen LogP contribution in [0.4, 0.5) is 0 Å². The Balaban J connectivity index is 1.39. The maximum atomic E-state index is 14.3. The van der Waals surface area contributed by atoms with E-state index in [-0.39, 0.29) is 48.4 Å². The van der Waals surface area contributed by atoms with E-state index in [9.17, 15) is 24.3 Å². The van der Waals surface area contributed by atoms with Crippen molar-refractivity contribution in [2.75, 3.05) is 46.9 Å². The molecule has 2 aliphatic heterocycles. The molecule has 2 fully saturated rings. The average Bonchev–Trinajstić information content (AvgIpc) is 3.56. The fourth-order valence-corrected chi connectivity index (χ4v) is 9.29. The van der Waals surface area contributed by atoms with Crippen LogP contribution in [0, 0.1) is 17.3 Å². The van der Waals surface area contributed by atoms with E-state index in [4.69, 9.17) is 9.47 Å². The third kappa shape index (κ3) is 11.3. The van der Waals surface area contributed by atoms with E-state index in [1.807, 2.05) is 38.2 Å². The molecule has 2 saturated heterocycles. The lowest BCUT2D eigenvalue weighted by molar-refractivity contribution is -0.146. The maximum Gasteiger partial charge on any atom is 0.302 e. The molecule has 0 spiro atoms. The van der Waals surface area contributed by atoms with Crippen LogP contribution in [0.5, 0.6) is 5.75 Å². The zero-order chi connectivity index (χ0) is 45.4. The number of likely N-dealkylation sites (N-methyl/N-ethyl adjacent to an activating group) is 1. The number of nitrogens with zero attached hydrogens (tertiary/aromatic N) is 4. The van der Waals surface area contributed by atoms with Gasteiger partial charge in [0.1, 0.15) is 17.8 Å². The van der Waals surface area contributed by atoms with Gasteiger partial charge in [-0.15, -0.1) is 0 Å². The molecule has 0 aliphatic carbocycles. The van der Waals surface area contributed by atoms with Crippen molar-refractivity contribution in [3.63, 3.8) is 0 Å². The molecule has 3 amide bonds. The Labute approximate surface area is 372 Å². The zero-order valence-electron chi connectivity index (χ0n) is 38.4. The molecule has 2 aromatic carbocycles. The van der Waals surface area contributed by atoms with Crippen molar-refractivity contribution < 1.29 is 33.8 Å². The monoisotopic (exact) mass is 866 g/mol. The number of aromatic hydroxyl groups is 1. The highest BCUT2D eigenvalue weighted by Gasteiger charge is 2.37. The number of aromatic nitrogens is 2. The van der Waals surface area contributed by atoms with Crippen molar-refractivity contribution in [3.05, 3.63) is 71.5 Å². The second-order valence-electron chi connectivity index (χ2n) is 18.3. The van der Waals surface area contributed by atoms with E-state index in [0.29, 0.717) is 44.8 Å². The lowest BCUT2D eigenvalue weighted by Gasteiger charge is -2.36. The van der Waals surface area contributed by atoms with E-state index in [0.717, 1.165) is 76.6 Å². The third-order valence-electron chi connectivity index (χ3n) is 12.3. The third-order valence-corrected chi connectivity index (χ3v) is 12.3.